The van der Waals surface area contributed by atoms with E-state index in [4.69, 9.17) is 28.4 Å². The van der Waals surface area contributed by atoms with Crippen molar-refractivity contribution in [1.29, 1.82) is 0 Å². The van der Waals surface area contributed by atoms with Gasteiger partial charge in [0.2, 0.25) is 5.43 Å². The third-order valence-electron chi connectivity index (χ3n) is 16.6. The summed E-state index contributed by atoms with van der Waals surface area (Å²) in [6.45, 7) is 19.3. The monoisotopic (exact) mass is 1060 g/mol. The number of esters is 1. The summed E-state index contributed by atoms with van der Waals surface area (Å²) < 4.78 is 53.5. The average molecular weight is 1070 g/mol. The number of aliphatic hydroxyl groups excluding tert-OH is 3. The highest BCUT2D eigenvalue weighted by atomic mass is 19.1. The van der Waals surface area contributed by atoms with Crippen molar-refractivity contribution in [1.82, 2.24) is 14.8 Å². The Labute approximate surface area is 439 Å². The van der Waals surface area contributed by atoms with Crippen molar-refractivity contribution in [3.8, 4) is 0 Å². The number of rotatable bonds is 10. The van der Waals surface area contributed by atoms with Gasteiger partial charge in [0.05, 0.1) is 58.8 Å². The minimum absolute atomic E-state index is 0.0936. The molecule has 2 aromatic rings. The molecular formula is C54H85FN4O16. The van der Waals surface area contributed by atoms with Gasteiger partial charge < -0.3 is 78.7 Å². The number of benzene rings is 1. The SMILES string of the molecule is CC[C@H]1OC(=O)[C@H](C)[C@@H](O[C@H]2C[C@@](C)(OC)[C@@H](O)[C@H](C)O2)[C@@H](C)[C@@H](O[C@@H]2O[C@H](C)C[C@H](N(C)C)[C@H]2O)[C@](C)(O)C[C@@H](C)C(=O)[C@H](C)[C@H](O)[C@]1(C)O.O=C(O)c1cn(C2CC2)c2cc(N3CCNCC3)c(F)cc2c1=O. The first-order chi connectivity index (χ1) is 35.0. The molecule has 7 rings (SSSR count). The number of ketones is 1. The number of carboxylic acid groups (broad SMARTS) is 1. The number of aromatic carboxylic acids is 1. The standard InChI is InChI=1S/C37H67NO13.C17H18FN3O3/c1-14-25-37(10,45)30(41)20(4)27(39)18(2)16-35(8,44)32(51-34-28(40)24(38(11)12)15-19(3)47-34)21(5)29(22(6)33(43)49-25)50-26-17-36(9,46-13)31(42)23(7)48-26;18-13-7-11-14(8-15(13)20-5-3-19-4-6-20)21(10-1-2-10)9-12(16(11)22)17(23)24/h18-26,28-32,34,40-42,44-45H,14-17H2,1-13H3;7-10,19H,1-6H2,(H,23,24)/t18-,19-,20+,21-,22-,23+,24+,25-,26+,28-,29+,30+,31+,32-,34+,35-,36-,37-;/m1./s1. The Morgan fingerprint density at radius 1 is 0.920 bits per heavy atom. The van der Waals surface area contributed by atoms with Crippen LogP contribution >= 0.6 is 0 Å². The van der Waals surface area contributed by atoms with Crippen LogP contribution in [0.2, 0.25) is 0 Å². The highest BCUT2D eigenvalue weighted by molar-refractivity contribution is 5.93. The number of aromatic nitrogens is 1. The molecule has 20 nitrogen and oxygen atoms in total. The van der Waals surface area contributed by atoms with Gasteiger partial charge in [0.25, 0.3) is 0 Å². The zero-order chi connectivity index (χ0) is 55.8. The first-order valence-electron chi connectivity index (χ1n) is 26.6. The molecule has 75 heavy (non-hydrogen) atoms. The molecule has 0 amide bonds. The Hall–Kier alpha value is -3.71. The second-order valence-electron chi connectivity index (χ2n) is 22.8. The van der Waals surface area contributed by atoms with E-state index in [0.717, 1.165) is 25.9 Å². The van der Waals surface area contributed by atoms with Gasteiger partial charge >= 0.3 is 11.9 Å². The average Bonchev–Trinajstić information content (AvgIpc) is 4.21. The number of halogens is 1. The van der Waals surface area contributed by atoms with Crippen LogP contribution in [-0.2, 0) is 38.0 Å². The number of fused-ring (bicyclic) bond motifs is 1. The fraction of sp³-hybridized carbons (Fsp3) is 0.778. The number of hydrogen-bond donors (Lipinski definition) is 7. The van der Waals surface area contributed by atoms with Crippen molar-refractivity contribution in [2.24, 2.45) is 23.7 Å². The van der Waals surface area contributed by atoms with Gasteiger partial charge in [-0.2, -0.15) is 0 Å². The lowest BCUT2D eigenvalue weighted by Crippen LogP contribution is -2.61. The van der Waals surface area contributed by atoms with Gasteiger partial charge in [-0.1, -0.05) is 27.7 Å². The number of nitrogens with one attached hydrogen (secondary N) is 1. The summed E-state index contributed by atoms with van der Waals surface area (Å²) in [6.07, 6.45) is -6.42. The second kappa shape index (κ2) is 24.1. The molecule has 0 radical (unpaired) electrons. The number of Topliss-reactive ketones (excluding diaryl/α,β-unsaturated/α-hetero) is 1. The van der Waals surface area contributed by atoms with E-state index < -0.39 is 125 Å². The summed E-state index contributed by atoms with van der Waals surface area (Å²) in [5.41, 5.74) is -4.68. The van der Waals surface area contributed by atoms with E-state index in [9.17, 15) is 54.2 Å². The van der Waals surface area contributed by atoms with Crippen LogP contribution in [0.5, 0.6) is 0 Å². The molecule has 1 aliphatic carbocycles. The molecule has 1 aromatic heterocycles. The van der Waals surface area contributed by atoms with E-state index >= 15 is 0 Å². The molecule has 4 saturated heterocycles. The van der Waals surface area contributed by atoms with Crippen molar-refractivity contribution in [3.05, 3.63) is 39.9 Å². The van der Waals surface area contributed by atoms with Gasteiger partial charge in [-0.05, 0) is 99.9 Å². The molecule has 7 N–H and O–H groups in total. The van der Waals surface area contributed by atoms with E-state index in [-0.39, 0.29) is 48.4 Å². The summed E-state index contributed by atoms with van der Waals surface area (Å²) in [5.74, 6) is -6.73. The van der Waals surface area contributed by atoms with Gasteiger partial charge in [0.15, 0.2) is 12.6 Å². The molecule has 5 fully saturated rings. The van der Waals surface area contributed by atoms with Crippen molar-refractivity contribution in [3.63, 3.8) is 0 Å². The lowest BCUT2D eigenvalue weighted by Gasteiger charge is -2.49. The predicted molar refractivity (Wildman–Crippen MR) is 275 cm³/mol. The summed E-state index contributed by atoms with van der Waals surface area (Å²) in [4.78, 5) is 55.5. The van der Waals surface area contributed by atoms with Crippen LogP contribution in [0.15, 0.2) is 23.1 Å². The predicted octanol–water partition coefficient (Wildman–Crippen LogP) is 3.37. The van der Waals surface area contributed by atoms with Gasteiger partial charge in [0.1, 0.15) is 41.1 Å². The van der Waals surface area contributed by atoms with Crippen LogP contribution < -0.4 is 15.6 Å². The number of carbonyl (C=O) groups is 3. The molecule has 5 heterocycles. The lowest BCUT2D eigenvalue weighted by molar-refractivity contribution is -0.318. The fourth-order valence-electron chi connectivity index (χ4n) is 11.7. The smallest absolute Gasteiger partial charge is 0.341 e. The van der Waals surface area contributed by atoms with E-state index in [1.54, 1.807) is 47.6 Å². The highest BCUT2D eigenvalue weighted by Gasteiger charge is 2.53. The van der Waals surface area contributed by atoms with E-state index in [2.05, 4.69) is 5.32 Å². The first-order valence-corrected chi connectivity index (χ1v) is 26.6. The number of pyridine rings is 1. The van der Waals surface area contributed by atoms with Crippen molar-refractivity contribution < 1.29 is 77.8 Å². The molecule has 21 heteroatoms. The molecule has 18 atom stereocenters. The molecule has 0 bridgehead atoms. The normalized spacial score (nSPS) is 39.6. The summed E-state index contributed by atoms with van der Waals surface area (Å²) in [6, 6.07) is 2.75. The summed E-state index contributed by atoms with van der Waals surface area (Å²) >= 11 is 0. The Morgan fingerprint density at radius 3 is 2.13 bits per heavy atom. The molecule has 5 aliphatic rings. The maximum absolute atomic E-state index is 14.6. The van der Waals surface area contributed by atoms with Crippen LogP contribution in [0.25, 0.3) is 10.9 Å². The summed E-state index contributed by atoms with van der Waals surface area (Å²) in [5, 5.41) is 70.2. The Kier molecular flexibility index (Phi) is 19.5. The maximum Gasteiger partial charge on any atom is 0.341 e. The molecule has 1 saturated carbocycles. The number of aliphatic hydroxyl groups is 5. The molecule has 0 spiro atoms. The number of ether oxygens (including phenoxy) is 6. The van der Waals surface area contributed by atoms with Crippen molar-refractivity contribution in [2.45, 2.75) is 198 Å². The first kappa shape index (κ1) is 60.5. The van der Waals surface area contributed by atoms with Gasteiger partial charge in [-0.3, -0.25) is 14.4 Å². The number of likely N-dealkylation sites (N-methyl/N-ethyl adjacent to an activating group) is 1. The Bertz CT molecular complexity index is 2380. The molecule has 4 aliphatic heterocycles. The van der Waals surface area contributed by atoms with Crippen LogP contribution in [0, 0.1) is 29.5 Å². The molecule has 424 valence electrons. The second-order valence-corrected chi connectivity index (χ2v) is 22.8. The van der Waals surface area contributed by atoms with E-state index in [0.29, 0.717) is 30.7 Å². The van der Waals surface area contributed by atoms with E-state index in [1.165, 1.54) is 40.1 Å². The number of piperazine rings is 1. The number of carbonyl (C=O) groups excluding carboxylic acids is 2. The van der Waals surface area contributed by atoms with Crippen LogP contribution in [0.1, 0.15) is 124 Å². The van der Waals surface area contributed by atoms with E-state index in [1.807, 2.05) is 35.4 Å². The van der Waals surface area contributed by atoms with Gasteiger partial charge in [0, 0.05) is 81.1 Å². The Balaban J connectivity index is 0.000000313. The minimum Gasteiger partial charge on any atom is -0.477 e. The molecular weight excluding hydrogens is 980 g/mol. The zero-order valence-electron chi connectivity index (χ0n) is 46.0. The maximum atomic E-state index is 14.6. The summed E-state index contributed by atoms with van der Waals surface area (Å²) in [7, 11) is 5.18. The Morgan fingerprint density at radius 2 is 1.56 bits per heavy atom. The van der Waals surface area contributed by atoms with Gasteiger partial charge in [-0.25, -0.2) is 9.18 Å². The number of carboxylic acids is 1. The number of cyclic esters (lactones) is 1. The van der Waals surface area contributed by atoms with Gasteiger partial charge in [-0.15, -0.1) is 0 Å². The number of methoxy groups -OCH3 is 1. The van der Waals surface area contributed by atoms with Crippen molar-refractivity contribution >= 4 is 34.3 Å². The van der Waals surface area contributed by atoms with Crippen LogP contribution in [0.3, 0.4) is 0 Å². The molecule has 1 aromatic carbocycles. The van der Waals surface area contributed by atoms with Crippen LogP contribution in [-0.4, -0.2) is 189 Å². The van der Waals surface area contributed by atoms with Crippen LogP contribution in [0.4, 0.5) is 10.1 Å². The topological polar surface area (TPSA) is 268 Å². The largest absolute Gasteiger partial charge is 0.477 e. The third kappa shape index (κ3) is 13.1. The third-order valence-corrected chi connectivity index (χ3v) is 16.6. The van der Waals surface area contributed by atoms with Crippen molar-refractivity contribution in [2.75, 3.05) is 52.3 Å². The number of nitrogens with zero attached hydrogens (tertiary/aromatic N) is 3. The fourth-order valence-corrected chi connectivity index (χ4v) is 11.7. The lowest BCUT2D eigenvalue weighted by atomic mass is 9.74. The zero-order valence-corrected chi connectivity index (χ0v) is 46.0. The number of hydrogen-bond acceptors (Lipinski definition) is 18. The molecule has 0 unspecified atom stereocenters. The highest BCUT2D eigenvalue weighted by Crippen LogP contribution is 2.42. The number of anilines is 1. The quantitative estimate of drug-likeness (QED) is 0.168. The minimum atomic E-state index is -1.99.